The highest BCUT2D eigenvalue weighted by molar-refractivity contribution is 7.89. The van der Waals surface area contributed by atoms with E-state index < -0.39 is 10.0 Å². The maximum Gasteiger partial charge on any atom is 0.251 e. The Morgan fingerprint density at radius 2 is 1.58 bits per heavy atom. The lowest BCUT2D eigenvalue weighted by Crippen LogP contribution is -2.30. The smallest absolute Gasteiger partial charge is 0.251 e. The van der Waals surface area contributed by atoms with Gasteiger partial charge in [0.1, 0.15) is 0 Å². The predicted octanol–water partition coefficient (Wildman–Crippen LogP) is 3.56. The van der Waals surface area contributed by atoms with Crippen LogP contribution in [0.2, 0.25) is 0 Å². The molecule has 1 saturated carbocycles. The van der Waals surface area contributed by atoms with Crippen molar-refractivity contribution in [3.8, 4) is 0 Å². The molecule has 8 heteroatoms. The number of anilines is 1. The first kappa shape index (κ1) is 23.0. The van der Waals surface area contributed by atoms with Gasteiger partial charge in [0, 0.05) is 30.3 Å². The van der Waals surface area contributed by atoms with E-state index in [1.165, 1.54) is 28.6 Å². The fraction of sp³-hybridized carbons (Fsp3) is 0.391. The van der Waals surface area contributed by atoms with Crippen LogP contribution in [0.3, 0.4) is 0 Å². The van der Waals surface area contributed by atoms with Gasteiger partial charge in [-0.05, 0) is 61.7 Å². The predicted molar refractivity (Wildman–Crippen MR) is 120 cm³/mol. The third kappa shape index (κ3) is 5.51. The number of nitrogens with one attached hydrogen (secondary N) is 2. The van der Waals surface area contributed by atoms with Crippen LogP contribution < -0.4 is 10.6 Å². The Balaban J connectivity index is 1.62. The Labute approximate surface area is 183 Å². The second kappa shape index (κ2) is 9.62. The number of hydrogen-bond donors (Lipinski definition) is 2. The molecule has 0 heterocycles. The van der Waals surface area contributed by atoms with Gasteiger partial charge in [0.05, 0.1) is 10.9 Å². The number of carbonyl (C=O) groups excluding carboxylic acids is 2. The van der Waals surface area contributed by atoms with Crippen molar-refractivity contribution in [2.75, 3.05) is 18.4 Å². The zero-order valence-electron chi connectivity index (χ0n) is 18.1. The third-order valence-electron chi connectivity index (χ3n) is 5.43. The minimum atomic E-state index is -3.55. The van der Waals surface area contributed by atoms with Crippen molar-refractivity contribution in [2.45, 2.75) is 44.6 Å². The van der Waals surface area contributed by atoms with Crippen molar-refractivity contribution in [1.29, 1.82) is 0 Å². The van der Waals surface area contributed by atoms with Gasteiger partial charge in [-0.2, -0.15) is 4.31 Å². The van der Waals surface area contributed by atoms with E-state index in [0.29, 0.717) is 18.7 Å². The Kier molecular flexibility index (Phi) is 7.12. The van der Waals surface area contributed by atoms with E-state index in [4.69, 9.17) is 0 Å². The van der Waals surface area contributed by atoms with Gasteiger partial charge in [-0.15, -0.1) is 0 Å². The summed E-state index contributed by atoms with van der Waals surface area (Å²) in [5, 5.41) is 5.81. The van der Waals surface area contributed by atoms with Crippen molar-refractivity contribution in [3.63, 3.8) is 0 Å². The topological polar surface area (TPSA) is 95.6 Å². The van der Waals surface area contributed by atoms with Crippen LogP contribution in [0.25, 0.3) is 0 Å². The molecule has 2 amide bonds. The molecule has 7 nitrogen and oxygen atoms in total. The number of nitrogens with zero attached hydrogens (tertiary/aromatic N) is 1. The molecule has 1 unspecified atom stereocenters. The van der Waals surface area contributed by atoms with Crippen molar-refractivity contribution in [1.82, 2.24) is 9.62 Å². The highest BCUT2D eigenvalue weighted by Gasteiger charge is 2.29. The van der Waals surface area contributed by atoms with E-state index in [1.54, 1.807) is 13.8 Å². The van der Waals surface area contributed by atoms with E-state index in [1.807, 2.05) is 31.2 Å². The molecule has 31 heavy (non-hydrogen) atoms. The van der Waals surface area contributed by atoms with Crippen molar-refractivity contribution in [3.05, 3.63) is 59.7 Å². The highest BCUT2D eigenvalue weighted by Crippen LogP contribution is 2.30. The number of carbonyl (C=O) groups is 2. The minimum Gasteiger partial charge on any atom is -0.346 e. The van der Waals surface area contributed by atoms with Gasteiger partial charge in [0.25, 0.3) is 5.91 Å². The molecule has 0 spiro atoms. The Morgan fingerprint density at radius 3 is 2.10 bits per heavy atom. The van der Waals surface area contributed by atoms with Crippen LogP contribution in [0.4, 0.5) is 5.69 Å². The molecule has 166 valence electrons. The molecule has 2 aromatic carbocycles. The summed E-state index contributed by atoms with van der Waals surface area (Å²) in [5.41, 5.74) is 2.03. The van der Waals surface area contributed by atoms with Crippen molar-refractivity contribution in [2.24, 2.45) is 5.92 Å². The van der Waals surface area contributed by atoms with Gasteiger partial charge < -0.3 is 10.6 Å². The van der Waals surface area contributed by atoms with Crippen LogP contribution in [-0.4, -0.2) is 37.6 Å². The average Bonchev–Trinajstić information content (AvgIpc) is 3.60. The standard InChI is InChI=1S/C23H29N3O4S/c1-4-26(5-2)31(29,30)21-14-10-19(11-15-21)22(27)24-16(3)17-8-12-20(13-9-17)25-23(28)18-6-7-18/h8-16,18H,4-7H2,1-3H3,(H,24,27)(H,25,28). The molecule has 1 aliphatic rings. The van der Waals surface area contributed by atoms with Gasteiger partial charge in [-0.1, -0.05) is 26.0 Å². The molecule has 0 bridgehead atoms. The van der Waals surface area contributed by atoms with Crippen LogP contribution in [-0.2, 0) is 14.8 Å². The molecule has 0 aromatic heterocycles. The monoisotopic (exact) mass is 443 g/mol. The second-order valence-corrected chi connectivity index (χ2v) is 9.63. The van der Waals surface area contributed by atoms with Gasteiger partial charge in [-0.3, -0.25) is 9.59 Å². The van der Waals surface area contributed by atoms with Crippen LogP contribution in [0.15, 0.2) is 53.4 Å². The zero-order chi connectivity index (χ0) is 22.6. The van der Waals surface area contributed by atoms with Crippen molar-refractivity contribution >= 4 is 27.5 Å². The summed E-state index contributed by atoms with van der Waals surface area (Å²) in [6, 6.07) is 13.1. The maximum atomic E-state index is 12.6. The molecule has 0 radical (unpaired) electrons. The largest absolute Gasteiger partial charge is 0.346 e. The number of amides is 2. The number of benzene rings is 2. The quantitative estimate of drug-likeness (QED) is 0.619. The summed E-state index contributed by atoms with van der Waals surface area (Å²) >= 11 is 0. The molecule has 2 aromatic rings. The summed E-state index contributed by atoms with van der Waals surface area (Å²) < 4.78 is 26.5. The molecule has 1 atom stereocenters. The molecule has 1 fully saturated rings. The van der Waals surface area contributed by atoms with Gasteiger partial charge in [0.2, 0.25) is 15.9 Å². The summed E-state index contributed by atoms with van der Waals surface area (Å²) in [6.45, 7) is 6.23. The molecule has 0 aliphatic heterocycles. The van der Waals surface area contributed by atoms with Gasteiger partial charge in [-0.25, -0.2) is 8.42 Å². The van der Waals surface area contributed by atoms with E-state index >= 15 is 0 Å². The normalized spacial score (nSPS) is 14.8. The van der Waals surface area contributed by atoms with Crippen LogP contribution in [0, 0.1) is 5.92 Å². The Morgan fingerprint density at radius 1 is 1.00 bits per heavy atom. The highest BCUT2D eigenvalue weighted by atomic mass is 32.2. The first-order valence-electron chi connectivity index (χ1n) is 10.6. The molecular weight excluding hydrogens is 414 g/mol. The summed E-state index contributed by atoms with van der Waals surface area (Å²) in [5.74, 6) is -0.0859. The minimum absolute atomic E-state index is 0.0561. The lowest BCUT2D eigenvalue weighted by Gasteiger charge is -2.19. The van der Waals surface area contributed by atoms with Gasteiger partial charge in [0.15, 0.2) is 0 Å². The zero-order valence-corrected chi connectivity index (χ0v) is 18.9. The fourth-order valence-corrected chi connectivity index (χ4v) is 4.76. The Hall–Kier alpha value is -2.71. The van der Waals surface area contributed by atoms with E-state index in [0.717, 1.165) is 24.1 Å². The molecule has 0 saturated heterocycles. The van der Waals surface area contributed by atoms with E-state index in [-0.39, 0.29) is 28.7 Å². The molecular formula is C23H29N3O4S. The number of hydrogen-bond acceptors (Lipinski definition) is 4. The first-order chi connectivity index (χ1) is 14.8. The maximum absolute atomic E-state index is 12.6. The lowest BCUT2D eigenvalue weighted by atomic mass is 10.1. The second-order valence-electron chi connectivity index (χ2n) is 7.69. The Bertz CT molecular complexity index is 1030. The van der Waals surface area contributed by atoms with Crippen LogP contribution >= 0.6 is 0 Å². The summed E-state index contributed by atoms with van der Waals surface area (Å²) in [7, 11) is -3.55. The van der Waals surface area contributed by atoms with Crippen LogP contribution in [0.5, 0.6) is 0 Å². The molecule has 1 aliphatic carbocycles. The number of sulfonamides is 1. The first-order valence-corrected chi connectivity index (χ1v) is 12.0. The lowest BCUT2D eigenvalue weighted by molar-refractivity contribution is -0.117. The van der Waals surface area contributed by atoms with Crippen molar-refractivity contribution < 1.29 is 18.0 Å². The fourth-order valence-electron chi connectivity index (χ4n) is 3.30. The average molecular weight is 444 g/mol. The van der Waals surface area contributed by atoms with Gasteiger partial charge >= 0.3 is 0 Å². The number of rotatable bonds is 9. The summed E-state index contributed by atoms with van der Waals surface area (Å²) in [4.78, 5) is 24.6. The third-order valence-corrected chi connectivity index (χ3v) is 7.50. The molecule has 2 N–H and O–H groups in total. The van der Waals surface area contributed by atoms with Crippen LogP contribution in [0.1, 0.15) is 55.6 Å². The van der Waals surface area contributed by atoms with E-state index in [9.17, 15) is 18.0 Å². The summed E-state index contributed by atoms with van der Waals surface area (Å²) in [6.07, 6.45) is 1.91. The van der Waals surface area contributed by atoms with E-state index in [2.05, 4.69) is 10.6 Å². The molecule has 3 rings (SSSR count). The SMILES string of the molecule is CCN(CC)S(=O)(=O)c1ccc(C(=O)NC(C)c2ccc(NC(=O)C3CC3)cc2)cc1.